The summed E-state index contributed by atoms with van der Waals surface area (Å²) in [5, 5.41) is 0. The molecule has 2 atom stereocenters. The van der Waals surface area contributed by atoms with E-state index >= 15 is 0 Å². The first kappa shape index (κ1) is 21.8. The molecule has 130 valence electrons. The van der Waals surface area contributed by atoms with E-state index in [2.05, 4.69) is 54.7 Å². The summed E-state index contributed by atoms with van der Waals surface area (Å²) in [5.41, 5.74) is 3.70. The molecule has 2 unspecified atom stereocenters. The van der Waals surface area contributed by atoms with Crippen LogP contribution in [0.2, 0.25) is 13.1 Å². The second kappa shape index (κ2) is 9.18. The first-order valence-electron chi connectivity index (χ1n) is 8.27. The van der Waals surface area contributed by atoms with Crippen molar-refractivity contribution in [2.45, 2.75) is 60.7 Å². The second-order valence-corrected chi connectivity index (χ2v) is 13.5. The quantitative estimate of drug-likeness (QED) is 0.495. The van der Waals surface area contributed by atoms with Crippen LogP contribution in [0.15, 0.2) is 24.6 Å². The van der Waals surface area contributed by atoms with Gasteiger partial charge in [-0.2, -0.15) is 0 Å². The van der Waals surface area contributed by atoms with Crippen LogP contribution in [0, 0.1) is 17.8 Å². The SMILES string of the molecule is C=C[Si](C)(OCC(C)C)O[Si](C)(C=C)OC(C(C)C)C(C)C. The van der Waals surface area contributed by atoms with Crippen molar-refractivity contribution in [3.05, 3.63) is 24.6 Å². The Morgan fingerprint density at radius 2 is 1.32 bits per heavy atom. The summed E-state index contributed by atoms with van der Waals surface area (Å²) in [5.74, 6) is 1.33. The molecule has 0 spiro atoms. The van der Waals surface area contributed by atoms with Gasteiger partial charge in [0, 0.05) is 6.61 Å². The summed E-state index contributed by atoms with van der Waals surface area (Å²) < 4.78 is 18.9. The monoisotopic (exact) mass is 344 g/mol. The van der Waals surface area contributed by atoms with Crippen LogP contribution in [0.5, 0.6) is 0 Å². The standard InChI is InChI=1S/C17H36O3Si2/c1-11-21(9,18-13-14(3)4)20-22(10,12-2)19-17(15(5)6)16(7)8/h11-12,14-17H,1-2,13H2,3-10H3. The molecule has 0 aromatic rings. The van der Waals surface area contributed by atoms with Crippen LogP contribution in [0.25, 0.3) is 0 Å². The largest absolute Gasteiger partial charge is 0.409 e. The van der Waals surface area contributed by atoms with Crippen LogP contribution in [0.3, 0.4) is 0 Å². The molecule has 0 fully saturated rings. The Balaban J connectivity index is 5.11. The lowest BCUT2D eigenvalue weighted by Crippen LogP contribution is -2.53. The molecule has 0 radical (unpaired) electrons. The Hall–Kier alpha value is -0.206. The normalized spacial score (nSPS) is 17.8. The molecule has 0 aliphatic carbocycles. The molecule has 0 aliphatic rings. The molecular formula is C17H36O3Si2. The van der Waals surface area contributed by atoms with Crippen molar-refractivity contribution in [1.29, 1.82) is 0 Å². The van der Waals surface area contributed by atoms with E-state index < -0.39 is 17.1 Å². The highest BCUT2D eigenvalue weighted by Gasteiger charge is 2.42. The second-order valence-electron chi connectivity index (χ2n) is 7.32. The molecule has 0 heterocycles. The van der Waals surface area contributed by atoms with Crippen molar-refractivity contribution >= 4 is 17.1 Å². The van der Waals surface area contributed by atoms with Crippen LogP contribution in [0.1, 0.15) is 41.5 Å². The van der Waals surface area contributed by atoms with Gasteiger partial charge in [0.2, 0.25) is 0 Å². The zero-order chi connectivity index (χ0) is 17.6. The Morgan fingerprint density at radius 1 is 0.864 bits per heavy atom. The molecule has 5 heteroatoms. The third kappa shape index (κ3) is 7.37. The molecule has 3 nitrogen and oxygen atoms in total. The molecule has 0 aromatic heterocycles. The highest BCUT2D eigenvalue weighted by Crippen LogP contribution is 2.26. The van der Waals surface area contributed by atoms with Gasteiger partial charge in [0.05, 0.1) is 6.10 Å². The Bertz CT molecular complexity index is 350. The lowest BCUT2D eigenvalue weighted by Gasteiger charge is -2.38. The topological polar surface area (TPSA) is 27.7 Å². The van der Waals surface area contributed by atoms with Crippen LogP contribution in [0.4, 0.5) is 0 Å². The molecule has 0 amide bonds. The molecule has 22 heavy (non-hydrogen) atoms. The Morgan fingerprint density at radius 3 is 1.64 bits per heavy atom. The van der Waals surface area contributed by atoms with Crippen LogP contribution in [-0.2, 0) is 13.0 Å². The minimum Gasteiger partial charge on any atom is -0.409 e. The van der Waals surface area contributed by atoms with Crippen LogP contribution in [-0.4, -0.2) is 29.8 Å². The molecule has 0 bridgehead atoms. The van der Waals surface area contributed by atoms with E-state index in [1.165, 1.54) is 0 Å². The fraction of sp³-hybridized carbons (Fsp3) is 0.765. The molecule has 0 saturated heterocycles. The minimum absolute atomic E-state index is 0.155. The molecule has 0 aromatic carbocycles. The average Bonchev–Trinajstić information content (AvgIpc) is 2.42. The predicted molar refractivity (Wildman–Crippen MR) is 100 cm³/mol. The summed E-state index contributed by atoms with van der Waals surface area (Å²) in [6.45, 7) is 25.6. The number of rotatable bonds is 11. The molecular weight excluding hydrogens is 308 g/mol. The van der Waals surface area contributed by atoms with E-state index in [-0.39, 0.29) is 6.10 Å². The van der Waals surface area contributed by atoms with Gasteiger partial charge < -0.3 is 13.0 Å². The van der Waals surface area contributed by atoms with Crippen molar-refractivity contribution in [3.63, 3.8) is 0 Å². The third-order valence-electron chi connectivity index (χ3n) is 3.53. The summed E-state index contributed by atoms with van der Waals surface area (Å²) in [6, 6.07) is 0. The van der Waals surface area contributed by atoms with Gasteiger partial charge in [-0.25, -0.2) is 0 Å². The maximum atomic E-state index is 6.42. The van der Waals surface area contributed by atoms with Gasteiger partial charge in [0.15, 0.2) is 0 Å². The van der Waals surface area contributed by atoms with Gasteiger partial charge in [0.1, 0.15) is 0 Å². The number of hydrogen-bond donors (Lipinski definition) is 0. The Labute approximate surface area is 140 Å². The molecule has 0 N–H and O–H groups in total. The van der Waals surface area contributed by atoms with Crippen LogP contribution >= 0.6 is 0 Å². The summed E-state index contributed by atoms with van der Waals surface area (Å²) in [6.07, 6.45) is 0.155. The van der Waals surface area contributed by atoms with Gasteiger partial charge in [0.25, 0.3) is 0 Å². The van der Waals surface area contributed by atoms with Crippen molar-refractivity contribution in [3.8, 4) is 0 Å². The van der Waals surface area contributed by atoms with Crippen molar-refractivity contribution in [2.75, 3.05) is 6.61 Å². The summed E-state index contributed by atoms with van der Waals surface area (Å²) in [4.78, 5) is 0. The zero-order valence-corrected chi connectivity index (χ0v) is 17.8. The highest BCUT2D eigenvalue weighted by atomic mass is 28.5. The van der Waals surface area contributed by atoms with Gasteiger partial charge in [-0.3, -0.25) is 0 Å². The van der Waals surface area contributed by atoms with Gasteiger partial charge in [-0.05, 0) is 30.8 Å². The third-order valence-corrected chi connectivity index (χ3v) is 9.74. The van der Waals surface area contributed by atoms with Gasteiger partial charge in [-0.1, -0.05) is 52.9 Å². The number of hydrogen-bond acceptors (Lipinski definition) is 3. The van der Waals surface area contributed by atoms with Crippen molar-refractivity contribution < 1.29 is 13.0 Å². The lowest BCUT2D eigenvalue weighted by atomic mass is 9.97. The fourth-order valence-corrected chi connectivity index (χ4v) is 8.57. The molecule has 0 rings (SSSR count). The minimum atomic E-state index is -2.51. The van der Waals surface area contributed by atoms with E-state index in [1.54, 1.807) is 0 Å². The maximum absolute atomic E-state index is 6.42. The molecule has 0 saturated carbocycles. The first-order chi connectivity index (χ1) is 9.98. The van der Waals surface area contributed by atoms with E-state index in [4.69, 9.17) is 13.0 Å². The highest BCUT2D eigenvalue weighted by molar-refractivity contribution is 6.84. The van der Waals surface area contributed by atoms with E-state index in [0.29, 0.717) is 24.4 Å². The maximum Gasteiger partial charge on any atom is 0.352 e. The first-order valence-corrected chi connectivity index (χ1v) is 13.1. The molecule has 0 aliphatic heterocycles. The van der Waals surface area contributed by atoms with Crippen molar-refractivity contribution in [1.82, 2.24) is 0 Å². The van der Waals surface area contributed by atoms with Gasteiger partial charge >= 0.3 is 17.1 Å². The predicted octanol–water partition coefficient (Wildman–Crippen LogP) is 4.97. The smallest absolute Gasteiger partial charge is 0.352 e. The fourth-order valence-electron chi connectivity index (χ4n) is 2.29. The van der Waals surface area contributed by atoms with Crippen molar-refractivity contribution in [2.24, 2.45) is 17.8 Å². The average molecular weight is 345 g/mol. The summed E-state index contributed by atoms with van der Waals surface area (Å²) >= 11 is 0. The summed E-state index contributed by atoms with van der Waals surface area (Å²) in [7, 11) is -4.96. The van der Waals surface area contributed by atoms with E-state index in [9.17, 15) is 0 Å². The lowest BCUT2D eigenvalue weighted by molar-refractivity contribution is 0.0711. The van der Waals surface area contributed by atoms with E-state index in [0.717, 1.165) is 0 Å². The Kier molecular flexibility index (Phi) is 9.09. The van der Waals surface area contributed by atoms with E-state index in [1.807, 2.05) is 24.5 Å². The van der Waals surface area contributed by atoms with Crippen LogP contribution < -0.4 is 0 Å². The zero-order valence-electron chi connectivity index (χ0n) is 15.8. The van der Waals surface area contributed by atoms with Gasteiger partial charge in [-0.15, -0.1) is 13.2 Å².